The van der Waals surface area contributed by atoms with Gasteiger partial charge in [-0.15, -0.1) is 11.8 Å². The molecule has 2 N–H and O–H groups in total. The van der Waals surface area contributed by atoms with E-state index in [4.69, 9.17) is 10.6 Å². The van der Waals surface area contributed by atoms with Crippen molar-refractivity contribution in [3.8, 4) is 0 Å². The Bertz CT molecular complexity index is 584. The Labute approximate surface area is 150 Å². The highest BCUT2D eigenvalue weighted by Gasteiger charge is 2.50. The molecule has 1 aromatic rings. The number of oxime groups is 1. The lowest BCUT2D eigenvalue weighted by atomic mass is 9.92. The van der Waals surface area contributed by atoms with Crippen LogP contribution in [0, 0.1) is 12.8 Å². The molecular weight excluding hydrogens is 318 g/mol. The van der Waals surface area contributed by atoms with E-state index in [9.17, 15) is 0 Å². The average molecular weight is 350 g/mol. The van der Waals surface area contributed by atoms with E-state index in [0.717, 1.165) is 11.4 Å². The van der Waals surface area contributed by atoms with Crippen LogP contribution in [-0.4, -0.2) is 36.3 Å². The van der Waals surface area contributed by atoms with E-state index in [0.29, 0.717) is 12.5 Å². The van der Waals surface area contributed by atoms with E-state index in [2.05, 4.69) is 48.5 Å². The van der Waals surface area contributed by atoms with Crippen LogP contribution < -0.4 is 5.73 Å². The van der Waals surface area contributed by atoms with Gasteiger partial charge in [0.15, 0.2) is 5.84 Å². The molecule has 2 aliphatic rings. The summed E-state index contributed by atoms with van der Waals surface area (Å²) in [6.45, 7) is 6.61. The zero-order valence-corrected chi connectivity index (χ0v) is 16.4. The summed E-state index contributed by atoms with van der Waals surface area (Å²) in [5, 5.41) is 4.41. The Morgan fingerprint density at radius 2 is 2.00 bits per heavy atom. The van der Waals surface area contributed by atoms with E-state index in [1.165, 1.54) is 36.1 Å². The van der Waals surface area contributed by atoms with Gasteiger partial charge in [0.25, 0.3) is 0 Å². The topological polar surface area (TPSA) is 50.9 Å². The monoisotopic (exact) mass is 349 g/mol. The molecule has 134 valence electrons. The predicted molar refractivity (Wildman–Crippen MR) is 103 cm³/mol. The number of nitrogens with two attached hydrogens (primary N) is 1. The second kappa shape index (κ2) is 8.26. The lowest BCUT2D eigenvalue weighted by molar-refractivity contribution is -0.123. The average Bonchev–Trinajstić information content (AvgIpc) is 3.25. The summed E-state index contributed by atoms with van der Waals surface area (Å²) < 4.78 is 0. The van der Waals surface area contributed by atoms with Gasteiger partial charge in [-0.3, -0.25) is 0 Å². The summed E-state index contributed by atoms with van der Waals surface area (Å²) in [6.07, 6.45) is 6.98. The quantitative estimate of drug-likeness (QED) is 0.827. The summed E-state index contributed by atoms with van der Waals surface area (Å²) in [4.78, 5) is 9.39. The fourth-order valence-corrected chi connectivity index (χ4v) is 4.34. The third-order valence-corrected chi connectivity index (χ3v) is 6.01. The van der Waals surface area contributed by atoms with Crippen LogP contribution in [0.1, 0.15) is 50.7 Å². The Morgan fingerprint density at radius 1 is 1.33 bits per heavy atom. The van der Waals surface area contributed by atoms with Crippen molar-refractivity contribution in [3.05, 3.63) is 29.3 Å². The largest absolute Gasteiger partial charge is 0.363 e. The highest BCUT2D eigenvalue weighted by atomic mass is 32.2. The van der Waals surface area contributed by atoms with Crippen LogP contribution >= 0.6 is 11.8 Å². The molecule has 4 nitrogen and oxygen atoms in total. The van der Waals surface area contributed by atoms with Gasteiger partial charge in [0, 0.05) is 23.4 Å². The summed E-state index contributed by atoms with van der Waals surface area (Å²) >= 11 is 1.77. The maximum absolute atomic E-state index is 6.11. The smallest absolute Gasteiger partial charge is 0.226 e. The van der Waals surface area contributed by atoms with Crippen molar-refractivity contribution in [1.82, 2.24) is 4.90 Å². The van der Waals surface area contributed by atoms with Crippen LogP contribution in [0.2, 0.25) is 0 Å². The minimum absolute atomic E-state index is 0.460. The Balaban J connectivity index is 0.00000100. The second-order valence-electron chi connectivity index (χ2n) is 6.28. The number of thioether (sulfide) groups is 1. The number of likely N-dealkylation sites (N-methyl/N-ethyl adjacent to an activating group) is 1. The van der Waals surface area contributed by atoms with Gasteiger partial charge >= 0.3 is 0 Å². The predicted octanol–water partition coefficient (Wildman–Crippen LogP) is 4.21. The zero-order chi connectivity index (χ0) is 17.7. The van der Waals surface area contributed by atoms with Crippen LogP contribution in [-0.2, 0) is 4.84 Å². The number of hydrogen-bond donors (Lipinski definition) is 1. The minimum atomic E-state index is -0.460. The molecule has 1 unspecified atom stereocenters. The van der Waals surface area contributed by atoms with E-state index in [-0.39, 0.29) is 0 Å². The molecule has 24 heavy (non-hydrogen) atoms. The molecule has 1 aliphatic carbocycles. The van der Waals surface area contributed by atoms with Crippen molar-refractivity contribution >= 4 is 17.6 Å². The van der Waals surface area contributed by atoms with Gasteiger partial charge in [0.2, 0.25) is 5.72 Å². The number of rotatable bonds is 4. The number of hydrogen-bond acceptors (Lipinski definition) is 5. The van der Waals surface area contributed by atoms with E-state index in [1.807, 2.05) is 13.8 Å². The first-order valence-electron chi connectivity index (χ1n) is 8.97. The van der Waals surface area contributed by atoms with Crippen molar-refractivity contribution in [2.75, 3.05) is 19.8 Å². The number of nitrogens with zero attached hydrogens (tertiary/aromatic N) is 2. The van der Waals surface area contributed by atoms with E-state index >= 15 is 0 Å². The molecule has 0 radical (unpaired) electrons. The molecule has 0 aromatic heterocycles. The molecule has 1 heterocycles. The Morgan fingerprint density at radius 3 is 2.54 bits per heavy atom. The summed E-state index contributed by atoms with van der Waals surface area (Å²) in [5.74, 6) is 1.36. The van der Waals surface area contributed by atoms with Gasteiger partial charge in [-0.25, -0.2) is 0 Å². The lowest BCUT2D eigenvalue weighted by Gasteiger charge is -2.38. The summed E-state index contributed by atoms with van der Waals surface area (Å²) in [6, 6.07) is 6.47. The third kappa shape index (κ3) is 3.29. The van der Waals surface area contributed by atoms with Crippen LogP contribution in [0.15, 0.2) is 28.3 Å². The molecule has 5 heteroatoms. The van der Waals surface area contributed by atoms with Gasteiger partial charge < -0.3 is 15.5 Å². The van der Waals surface area contributed by atoms with E-state index < -0.39 is 5.72 Å². The minimum Gasteiger partial charge on any atom is -0.363 e. The SMILES string of the molecule is CC.CSc1ccc(C2=NOC(CN)(C3CCCC3)N2C)cc1C. The molecular formula is C19H31N3OS. The van der Waals surface area contributed by atoms with Gasteiger partial charge in [0.05, 0.1) is 6.54 Å². The van der Waals surface area contributed by atoms with Gasteiger partial charge in [-0.1, -0.05) is 37.9 Å². The van der Waals surface area contributed by atoms with Gasteiger partial charge in [0.1, 0.15) is 0 Å². The van der Waals surface area contributed by atoms with Crippen molar-refractivity contribution in [2.24, 2.45) is 16.8 Å². The van der Waals surface area contributed by atoms with Crippen LogP contribution in [0.25, 0.3) is 0 Å². The fraction of sp³-hybridized carbons (Fsp3) is 0.632. The number of amidine groups is 1. The van der Waals surface area contributed by atoms with Crippen molar-refractivity contribution < 1.29 is 4.84 Å². The molecule has 0 bridgehead atoms. The summed E-state index contributed by atoms with van der Waals surface area (Å²) in [5.41, 5.74) is 8.02. The number of aryl methyl sites for hydroxylation is 1. The molecule has 0 amide bonds. The van der Waals surface area contributed by atoms with E-state index in [1.54, 1.807) is 11.8 Å². The fourth-order valence-electron chi connectivity index (χ4n) is 3.75. The molecule has 1 fully saturated rings. The molecule has 1 aromatic carbocycles. The Hall–Kier alpha value is -1.20. The maximum atomic E-state index is 6.11. The van der Waals surface area contributed by atoms with Crippen molar-refractivity contribution in [3.63, 3.8) is 0 Å². The molecule has 0 spiro atoms. The summed E-state index contributed by atoms with van der Waals surface area (Å²) in [7, 11) is 2.06. The normalized spacial score (nSPS) is 23.6. The van der Waals surface area contributed by atoms with Crippen LogP contribution in [0.3, 0.4) is 0 Å². The van der Waals surface area contributed by atoms with Crippen LogP contribution in [0.5, 0.6) is 0 Å². The lowest BCUT2D eigenvalue weighted by Crippen LogP contribution is -2.56. The maximum Gasteiger partial charge on any atom is 0.226 e. The first-order valence-corrected chi connectivity index (χ1v) is 10.2. The molecule has 1 aliphatic heterocycles. The van der Waals surface area contributed by atoms with Gasteiger partial charge in [-0.2, -0.15) is 0 Å². The first kappa shape index (κ1) is 19.1. The standard InChI is InChI=1S/C17H25N3OS.C2H6/c1-12-10-13(8-9-15(12)22-3)16-19-21-17(11-18,20(16)2)14-6-4-5-7-14;1-2/h8-10,14H,4-7,11,18H2,1-3H3;1-2H3. The van der Waals surface area contributed by atoms with Crippen molar-refractivity contribution in [1.29, 1.82) is 0 Å². The van der Waals surface area contributed by atoms with Crippen LogP contribution in [0.4, 0.5) is 0 Å². The van der Waals surface area contributed by atoms with Gasteiger partial charge in [-0.05, 0) is 43.7 Å². The van der Waals surface area contributed by atoms with Crippen molar-refractivity contribution in [2.45, 2.75) is 57.1 Å². The first-order chi connectivity index (χ1) is 11.6. The Kier molecular flexibility index (Phi) is 6.58. The number of benzene rings is 1. The molecule has 1 saturated carbocycles. The molecule has 1 atom stereocenters. The molecule has 0 saturated heterocycles. The highest BCUT2D eigenvalue weighted by molar-refractivity contribution is 7.98. The second-order valence-corrected chi connectivity index (χ2v) is 7.13. The zero-order valence-electron chi connectivity index (χ0n) is 15.6. The molecule has 3 rings (SSSR count). The third-order valence-electron chi connectivity index (χ3n) is 5.11. The highest BCUT2D eigenvalue weighted by Crippen LogP contribution is 2.41.